The summed E-state index contributed by atoms with van der Waals surface area (Å²) in [5.41, 5.74) is 0.334. The van der Waals surface area contributed by atoms with Gasteiger partial charge in [-0.1, -0.05) is 12.8 Å². The summed E-state index contributed by atoms with van der Waals surface area (Å²) in [4.78, 5) is 40.2. The molecular weight excluding hydrogens is 272 g/mol. The molecule has 1 heterocycles. The number of hydrogen-bond donors (Lipinski definition) is 1. The summed E-state index contributed by atoms with van der Waals surface area (Å²) in [7, 11) is 1.29. The quantitative estimate of drug-likeness (QED) is 0.847. The summed E-state index contributed by atoms with van der Waals surface area (Å²) in [6.45, 7) is 1.63. The highest BCUT2D eigenvalue weighted by Crippen LogP contribution is 2.24. The van der Waals surface area contributed by atoms with Crippen LogP contribution in [0.25, 0.3) is 0 Å². The first-order valence-corrected chi connectivity index (χ1v) is 7.10. The lowest BCUT2D eigenvalue weighted by atomic mass is 10.1. The molecule has 114 valence electrons. The van der Waals surface area contributed by atoms with Gasteiger partial charge in [0.15, 0.2) is 0 Å². The van der Waals surface area contributed by atoms with E-state index in [1.54, 1.807) is 13.0 Å². The van der Waals surface area contributed by atoms with Gasteiger partial charge in [0.25, 0.3) is 11.5 Å². The second-order valence-electron chi connectivity index (χ2n) is 5.33. The van der Waals surface area contributed by atoms with Crippen molar-refractivity contribution >= 4 is 11.9 Å². The summed E-state index contributed by atoms with van der Waals surface area (Å²) >= 11 is 0. The van der Waals surface area contributed by atoms with E-state index in [9.17, 15) is 14.4 Å². The van der Waals surface area contributed by atoms with Crippen molar-refractivity contribution in [1.29, 1.82) is 0 Å². The van der Waals surface area contributed by atoms with Crippen molar-refractivity contribution in [3.05, 3.63) is 33.7 Å². The number of rotatable bonds is 4. The highest BCUT2D eigenvalue weighted by atomic mass is 16.5. The van der Waals surface area contributed by atoms with Gasteiger partial charge in [-0.3, -0.25) is 14.4 Å². The van der Waals surface area contributed by atoms with Gasteiger partial charge in [-0.25, -0.2) is 0 Å². The molecule has 1 fully saturated rings. The van der Waals surface area contributed by atoms with Gasteiger partial charge in [-0.15, -0.1) is 0 Å². The molecule has 1 aromatic rings. The van der Waals surface area contributed by atoms with Gasteiger partial charge in [0, 0.05) is 11.7 Å². The second-order valence-corrected chi connectivity index (χ2v) is 5.33. The van der Waals surface area contributed by atoms with Crippen LogP contribution in [0.2, 0.25) is 0 Å². The molecule has 0 saturated heterocycles. The molecule has 1 aromatic heterocycles. The standard InChI is InChI=1S/C15H20N2O4/c1-10-7-8-12(14(19)16-10)15(20)17(9-13(18)21-2)11-5-3-4-6-11/h7-8,11H,3-6,9H2,1-2H3,(H,16,19). The van der Waals surface area contributed by atoms with Crippen LogP contribution in [0.15, 0.2) is 16.9 Å². The van der Waals surface area contributed by atoms with Crippen molar-refractivity contribution in [3.8, 4) is 0 Å². The molecule has 0 unspecified atom stereocenters. The topological polar surface area (TPSA) is 79.5 Å². The Bertz CT molecular complexity index is 588. The van der Waals surface area contributed by atoms with E-state index in [0.29, 0.717) is 5.69 Å². The number of aromatic amines is 1. The van der Waals surface area contributed by atoms with E-state index in [1.807, 2.05) is 0 Å². The van der Waals surface area contributed by atoms with Crippen molar-refractivity contribution in [3.63, 3.8) is 0 Å². The zero-order valence-electron chi connectivity index (χ0n) is 12.3. The van der Waals surface area contributed by atoms with Crippen molar-refractivity contribution < 1.29 is 14.3 Å². The van der Waals surface area contributed by atoms with E-state index in [4.69, 9.17) is 0 Å². The predicted molar refractivity (Wildman–Crippen MR) is 77.1 cm³/mol. The van der Waals surface area contributed by atoms with E-state index < -0.39 is 17.4 Å². The van der Waals surface area contributed by atoms with Crippen molar-refractivity contribution in [2.24, 2.45) is 0 Å². The fraction of sp³-hybridized carbons (Fsp3) is 0.533. The van der Waals surface area contributed by atoms with Gasteiger partial charge in [0.2, 0.25) is 0 Å². The summed E-state index contributed by atoms with van der Waals surface area (Å²) in [6, 6.07) is 3.19. The first-order valence-electron chi connectivity index (χ1n) is 7.10. The first kappa shape index (κ1) is 15.3. The summed E-state index contributed by atoms with van der Waals surface area (Å²) in [6.07, 6.45) is 3.76. The number of H-pyrrole nitrogens is 1. The number of ether oxygens (including phenoxy) is 1. The third kappa shape index (κ3) is 3.51. The fourth-order valence-electron chi connectivity index (χ4n) is 2.68. The Kier molecular flexibility index (Phi) is 4.77. The summed E-state index contributed by atoms with van der Waals surface area (Å²) in [5, 5.41) is 0. The van der Waals surface area contributed by atoms with Gasteiger partial charge in [-0.2, -0.15) is 0 Å². The number of carbonyl (C=O) groups excluding carboxylic acids is 2. The van der Waals surface area contributed by atoms with Gasteiger partial charge >= 0.3 is 5.97 Å². The molecule has 1 amide bonds. The van der Waals surface area contributed by atoms with E-state index >= 15 is 0 Å². The number of esters is 1. The van der Waals surface area contributed by atoms with Gasteiger partial charge in [-0.05, 0) is 31.9 Å². The van der Waals surface area contributed by atoms with E-state index in [-0.39, 0.29) is 18.2 Å². The van der Waals surface area contributed by atoms with E-state index in [2.05, 4.69) is 9.72 Å². The highest BCUT2D eigenvalue weighted by molar-refractivity contribution is 5.95. The third-order valence-corrected chi connectivity index (χ3v) is 3.84. The van der Waals surface area contributed by atoms with E-state index in [0.717, 1.165) is 25.7 Å². The van der Waals surface area contributed by atoms with Crippen LogP contribution >= 0.6 is 0 Å². The molecule has 0 bridgehead atoms. The smallest absolute Gasteiger partial charge is 0.325 e. The molecule has 0 aromatic carbocycles. The zero-order chi connectivity index (χ0) is 15.4. The Balaban J connectivity index is 2.28. The van der Waals surface area contributed by atoms with Crippen LogP contribution in [-0.2, 0) is 9.53 Å². The molecule has 1 aliphatic carbocycles. The Morgan fingerprint density at radius 3 is 2.57 bits per heavy atom. The normalized spacial score (nSPS) is 15.0. The molecule has 1 aliphatic rings. The molecule has 21 heavy (non-hydrogen) atoms. The minimum absolute atomic E-state index is 0.00250. The van der Waals surface area contributed by atoms with E-state index in [1.165, 1.54) is 18.1 Å². The predicted octanol–water partition coefficient (Wildman–Crippen LogP) is 1.24. The monoisotopic (exact) mass is 292 g/mol. The third-order valence-electron chi connectivity index (χ3n) is 3.84. The molecule has 0 aliphatic heterocycles. The van der Waals surface area contributed by atoms with Gasteiger partial charge in [0.05, 0.1) is 7.11 Å². The Labute approximate surface area is 123 Å². The summed E-state index contributed by atoms with van der Waals surface area (Å²) < 4.78 is 4.66. The number of nitrogens with one attached hydrogen (secondary N) is 1. The maximum atomic E-state index is 12.6. The molecule has 1 N–H and O–H groups in total. The minimum Gasteiger partial charge on any atom is -0.468 e. The average Bonchev–Trinajstić information content (AvgIpc) is 2.97. The summed E-state index contributed by atoms with van der Waals surface area (Å²) in [5.74, 6) is -0.882. The maximum Gasteiger partial charge on any atom is 0.325 e. The number of amides is 1. The Hall–Kier alpha value is -2.11. The molecule has 0 radical (unpaired) electrons. The largest absolute Gasteiger partial charge is 0.468 e. The molecule has 6 heteroatoms. The van der Waals surface area contributed by atoms with Crippen LogP contribution in [0, 0.1) is 6.92 Å². The Morgan fingerprint density at radius 1 is 1.33 bits per heavy atom. The number of aryl methyl sites for hydroxylation is 1. The number of hydrogen-bond acceptors (Lipinski definition) is 4. The lowest BCUT2D eigenvalue weighted by Gasteiger charge is -2.27. The highest BCUT2D eigenvalue weighted by Gasteiger charge is 2.30. The SMILES string of the molecule is COC(=O)CN(C(=O)c1ccc(C)[nH]c1=O)C1CCCC1. The van der Waals surface area contributed by atoms with Crippen LogP contribution in [0.3, 0.4) is 0 Å². The molecule has 0 atom stereocenters. The van der Waals surface area contributed by atoms with Gasteiger partial charge < -0.3 is 14.6 Å². The number of carbonyl (C=O) groups is 2. The number of nitrogens with zero attached hydrogens (tertiary/aromatic N) is 1. The van der Waals surface area contributed by atoms with Crippen LogP contribution in [-0.4, -0.2) is 41.5 Å². The minimum atomic E-state index is -0.473. The van der Waals surface area contributed by atoms with Crippen LogP contribution in [0.5, 0.6) is 0 Å². The second kappa shape index (κ2) is 6.56. The Morgan fingerprint density at radius 2 is 2.00 bits per heavy atom. The molecule has 1 saturated carbocycles. The van der Waals surface area contributed by atoms with Crippen LogP contribution in [0.4, 0.5) is 0 Å². The molecular formula is C15H20N2O4. The van der Waals surface area contributed by atoms with Crippen LogP contribution in [0.1, 0.15) is 41.7 Å². The number of pyridine rings is 1. The van der Waals surface area contributed by atoms with Crippen molar-refractivity contribution in [2.45, 2.75) is 38.6 Å². The maximum absolute atomic E-state index is 12.6. The van der Waals surface area contributed by atoms with Crippen molar-refractivity contribution in [2.75, 3.05) is 13.7 Å². The van der Waals surface area contributed by atoms with Crippen LogP contribution < -0.4 is 5.56 Å². The molecule has 6 nitrogen and oxygen atoms in total. The number of methoxy groups -OCH3 is 1. The van der Waals surface area contributed by atoms with Crippen molar-refractivity contribution in [1.82, 2.24) is 9.88 Å². The molecule has 0 spiro atoms. The zero-order valence-corrected chi connectivity index (χ0v) is 12.3. The first-order chi connectivity index (χ1) is 10.0. The fourth-order valence-corrected chi connectivity index (χ4v) is 2.68. The molecule has 2 rings (SSSR count). The lowest BCUT2D eigenvalue weighted by Crippen LogP contribution is -2.44. The van der Waals surface area contributed by atoms with Gasteiger partial charge in [0.1, 0.15) is 12.1 Å². The number of aromatic nitrogens is 1. The average molecular weight is 292 g/mol. The lowest BCUT2D eigenvalue weighted by molar-refractivity contribution is -0.141.